The third-order valence-corrected chi connectivity index (χ3v) is 4.64. The van der Waals surface area contributed by atoms with Gasteiger partial charge in [-0.05, 0) is 42.3 Å². The summed E-state index contributed by atoms with van der Waals surface area (Å²) in [6, 6.07) is 22.3. The van der Waals surface area contributed by atoms with Gasteiger partial charge in [0.1, 0.15) is 18.4 Å². The Bertz CT molecular complexity index is 880. The Morgan fingerprint density at radius 2 is 1.63 bits per heavy atom. The van der Waals surface area contributed by atoms with E-state index >= 15 is 0 Å². The number of benzene rings is 3. The average Bonchev–Trinajstić information content (AvgIpc) is 2.67. The Kier molecular flexibility index (Phi) is 7.83. The SMILES string of the molecule is Cc1ccc(C(=O)CC[NH2+]C(C)COc2ccccc2)c2ccccc12.[Cl-]. The summed E-state index contributed by atoms with van der Waals surface area (Å²) in [5.74, 6) is 1.09. The number of quaternary nitrogens is 1. The fourth-order valence-corrected chi connectivity index (χ4v) is 3.14. The van der Waals surface area contributed by atoms with Crippen LogP contribution in [0.4, 0.5) is 0 Å². The first-order valence-electron chi connectivity index (χ1n) is 9.18. The number of Topliss-reactive ketones (excluding diaryl/α,β-unsaturated/α-hetero) is 1. The van der Waals surface area contributed by atoms with Crippen LogP contribution in [0.3, 0.4) is 0 Å². The topological polar surface area (TPSA) is 42.9 Å². The summed E-state index contributed by atoms with van der Waals surface area (Å²) in [6.07, 6.45) is 0.530. The van der Waals surface area contributed by atoms with Crippen LogP contribution in [0.15, 0.2) is 66.7 Å². The first-order valence-corrected chi connectivity index (χ1v) is 9.18. The highest BCUT2D eigenvalue weighted by molar-refractivity contribution is 6.08. The van der Waals surface area contributed by atoms with Gasteiger partial charge in [0.05, 0.1) is 13.0 Å². The van der Waals surface area contributed by atoms with Gasteiger partial charge in [0.2, 0.25) is 0 Å². The first kappa shape index (κ1) is 20.9. The number of hydrogen-bond acceptors (Lipinski definition) is 2. The van der Waals surface area contributed by atoms with Crippen LogP contribution in [0.5, 0.6) is 5.75 Å². The highest BCUT2D eigenvalue weighted by Crippen LogP contribution is 2.23. The van der Waals surface area contributed by atoms with Crippen molar-refractivity contribution in [3.05, 3.63) is 77.9 Å². The summed E-state index contributed by atoms with van der Waals surface area (Å²) in [4.78, 5) is 12.7. The molecule has 0 heterocycles. The predicted molar refractivity (Wildman–Crippen MR) is 106 cm³/mol. The molecule has 27 heavy (non-hydrogen) atoms. The third-order valence-electron chi connectivity index (χ3n) is 4.64. The molecule has 142 valence electrons. The van der Waals surface area contributed by atoms with Gasteiger partial charge >= 0.3 is 0 Å². The summed E-state index contributed by atoms with van der Waals surface area (Å²) >= 11 is 0. The van der Waals surface area contributed by atoms with Crippen LogP contribution in [0.1, 0.15) is 29.3 Å². The number of ether oxygens (including phenoxy) is 1. The van der Waals surface area contributed by atoms with E-state index in [0.717, 1.165) is 28.6 Å². The van der Waals surface area contributed by atoms with Crippen LogP contribution in [-0.2, 0) is 0 Å². The molecule has 3 aromatic carbocycles. The van der Waals surface area contributed by atoms with E-state index in [4.69, 9.17) is 4.74 Å². The maximum atomic E-state index is 12.7. The van der Waals surface area contributed by atoms with Crippen molar-refractivity contribution >= 4 is 16.6 Å². The Labute approximate surface area is 167 Å². The number of aryl methyl sites for hydroxylation is 1. The summed E-state index contributed by atoms with van der Waals surface area (Å²) in [7, 11) is 0. The Balaban J connectivity index is 0.00000261. The fraction of sp³-hybridized carbons (Fsp3) is 0.261. The molecule has 0 amide bonds. The molecule has 0 aliphatic carbocycles. The molecule has 0 fully saturated rings. The largest absolute Gasteiger partial charge is 1.00 e. The zero-order valence-electron chi connectivity index (χ0n) is 15.8. The molecule has 4 heteroatoms. The lowest BCUT2D eigenvalue weighted by Gasteiger charge is -2.12. The molecule has 0 saturated carbocycles. The Morgan fingerprint density at radius 3 is 2.37 bits per heavy atom. The quantitative estimate of drug-likeness (QED) is 0.583. The van der Waals surface area contributed by atoms with Crippen LogP contribution in [0.25, 0.3) is 10.8 Å². The second-order valence-corrected chi connectivity index (χ2v) is 6.77. The lowest BCUT2D eigenvalue weighted by Crippen LogP contribution is -3.00. The van der Waals surface area contributed by atoms with Crippen molar-refractivity contribution < 1.29 is 27.3 Å². The minimum absolute atomic E-state index is 0. The monoisotopic (exact) mass is 383 g/mol. The number of para-hydroxylation sites is 1. The van der Waals surface area contributed by atoms with Crippen LogP contribution >= 0.6 is 0 Å². The normalized spacial score (nSPS) is 11.6. The summed E-state index contributed by atoms with van der Waals surface area (Å²) in [5, 5.41) is 4.39. The van der Waals surface area contributed by atoms with Gasteiger partial charge in [-0.25, -0.2) is 0 Å². The van der Waals surface area contributed by atoms with E-state index < -0.39 is 0 Å². The van der Waals surface area contributed by atoms with Crippen molar-refractivity contribution in [1.82, 2.24) is 0 Å². The maximum Gasteiger partial charge on any atom is 0.169 e. The zero-order valence-corrected chi connectivity index (χ0v) is 16.6. The van der Waals surface area contributed by atoms with E-state index in [1.165, 1.54) is 5.56 Å². The molecule has 0 spiro atoms. The van der Waals surface area contributed by atoms with Gasteiger partial charge in [-0.1, -0.05) is 54.6 Å². The molecule has 0 aromatic heterocycles. The van der Waals surface area contributed by atoms with E-state index in [1.54, 1.807) is 0 Å². The summed E-state index contributed by atoms with van der Waals surface area (Å²) < 4.78 is 5.76. The maximum absolute atomic E-state index is 12.7. The number of hydrogen-bond donors (Lipinski definition) is 1. The highest BCUT2D eigenvalue weighted by atomic mass is 35.5. The molecule has 0 bridgehead atoms. The molecule has 1 unspecified atom stereocenters. The zero-order chi connectivity index (χ0) is 18.4. The van der Waals surface area contributed by atoms with Gasteiger partial charge < -0.3 is 22.5 Å². The summed E-state index contributed by atoms with van der Waals surface area (Å²) in [5.41, 5.74) is 2.03. The van der Waals surface area contributed by atoms with Crippen molar-refractivity contribution in [2.24, 2.45) is 0 Å². The molecular formula is C23H26ClNO2. The number of ketones is 1. The Hall–Kier alpha value is -2.36. The number of carbonyl (C=O) groups excluding carboxylic acids is 1. The molecule has 0 radical (unpaired) electrons. The number of fused-ring (bicyclic) bond motifs is 1. The molecule has 0 saturated heterocycles. The standard InChI is InChI=1S/C23H25NO2.ClH/c1-17-12-13-22(21-11-7-6-10-20(17)21)23(25)14-15-24-18(2)16-26-19-8-4-3-5-9-19;/h3-13,18,24H,14-16H2,1-2H3;1H. The van der Waals surface area contributed by atoms with E-state index in [-0.39, 0.29) is 18.2 Å². The van der Waals surface area contributed by atoms with Crippen molar-refractivity contribution in [3.63, 3.8) is 0 Å². The van der Waals surface area contributed by atoms with E-state index in [9.17, 15) is 4.79 Å². The average molecular weight is 384 g/mol. The number of halogens is 1. The molecule has 2 N–H and O–H groups in total. The second-order valence-electron chi connectivity index (χ2n) is 6.77. The second kappa shape index (κ2) is 10.1. The van der Waals surface area contributed by atoms with Crippen molar-refractivity contribution in [3.8, 4) is 5.75 Å². The van der Waals surface area contributed by atoms with Crippen LogP contribution in [0, 0.1) is 6.92 Å². The third kappa shape index (κ3) is 5.56. The Morgan fingerprint density at radius 1 is 0.963 bits per heavy atom. The van der Waals surface area contributed by atoms with Gasteiger partial charge in [-0.2, -0.15) is 0 Å². The minimum Gasteiger partial charge on any atom is -1.00 e. The van der Waals surface area contributed by atoms with Crippen LogP contribution in [-0.4, -0.2) is 25.0 Å². The van der Waals surface area contributed by atoms with E-state index in [0.29, 0.717) is 19.1 Å². The predicted octanol–water partition coefficient (Wildman–Crippen LogP) is 0.756. The van der Waals surface area contributed by atoms with Crippen molar-refractivity contribution in [2.75, 3.05) is 13.2 Å². The fourth-order valence-electron chi connectivity index (χ4n) is 3.14. The molecule has 0 aliphatic rings. The molecule has 3 aromatic rings. The number of carbonyl (C=O) groups is 1. The molecule has 1 atom stereocenters. The molecule has 3 nitrogen and oxygen atoms in total. The smallest absolute Gasteiger partial charge is 0.169 e. The van der Waals surface area contributed by atoms with Gasteiger partial charge in [0, 0.05) is 5.56 Å². The van der Waals surface area contributed by atoms with E-state index in [2.05, 4.69) is 25.2 Å². The lowest BCUT2D eigenvalue weighted by molar-refractivity contribution is -0.685. The van der Waals surface area contributed by atoms with Crippen molar-refractivity contribution in [2.45, 2.75) is 26.3 Å². The van der Waals surface area contributed by atoms with Gasteiger partial charge in [-0.15, -0.1) is 0 Å². The minimum atomic E-state index is 0. The summed E-state index contributed by atoms with van der Waals surface area (Å²) in [6.45, 7) is 5.60. The molecular weight excluding hydrogens is 358 g/mol. The van der Waals surface area contributed by atoms with Gasteiger partial charge in [0.15, 0.2) is 5.78 Å². The van der Waals surface area contributed by atoms with Gasteiger partial charge in [0.25, 0.3) is 0 Å². The van der Waals surface area contributed by atoms with Gasteiger partial charge in [-0.3, -0.25) is 4.79 Å². The van der Waals surface area contributed by atoms with E-state index in [1.807, 2.05) is 60.7 Å². The highest BCUT2D eigenvalue weighted by Gasteiger charge is 2.13. The van der Waals surface area contributed by atoms with Crippen LogP contribution < -0.4 is 22.5 Å². The number of nitrogens with two attached hydrogens (primary N) is 1. The van der Waals surface area contributed by atoms with Crippen LogP contribution in [0.2, 0.25) is 0 Å². The van der Waals surface area contributed by atoms with Crippen molar-refractivity contribution in [1.29, 1.82) is 0 Å². The molecule has 3 rings (SSSR count). The lowest BCUT2D eigenvalue weighted by atomic mass is 9.97. The molecule has 0 aliphatic heterocycles. The number of rotatable bonds is 8. The first-order chi connectivity index (χ1) is 12.6.